The summed E-state index contributed by atoms with van der Waals surface area (Å²) >= 11 is 0. The van der Waals surface area contributed by atoms with Crippen LogP contribution in [0.15, 0.2) is 36.4 Å². The maximum Gasteiger partial charge on any atom is 0.143 e. The van der Waals surface area contributed by atoms with Crippen LogP contribution >= 0.6 is 0 Å². The largest absolute Gasteiger partial charge is 0.506 e. The van der Waals surface area contributed by atoms with Crippen molar-refractivity contribution in [2.24, 2.45) is 0 Å². The summed E-state index contributed by atoms with van der Waals surface area (Å²) in [5.41, 5.74) is 4.45. The van der Waals surface area contributed by atoms with E-state index in [-0.39, 0.29) is 5.75 Å². The van der Waals surface area contributed by atoms with Gasteiger partial charge in [-0.3, -0.25) is 0 Å². The number of aryl methyl sites for hydroxylation is 2. The van der Waals surface area contributed by atoms with Gasteiger partial charge in [0, 0.05) is 0 Å². The van der Waals surface area contributed by atoms with Crippen molar-refractivity contribution in [2.75, 3.05) is 0 Å². The summed E-state index contributed by atoms with van der Waals surface area (Å²) in [6, 6.07) is 11.3. The number of benzene rings is 2. The minimum absolute atomic E-state index is 0.178. The molecule has 2 aromatic carbocycles. The summed E-state index contributed by atoms with van der Waals surface area (Å²) in [5, 5.41) is 18.6. The van der Waals surface area contributed by atoms with Gasteiger partial charge in [-0.25, -0.2) is 0 Å². The number of nitrogens with zero attached hydrogens (tertiary/aromatic N) is 3. The third-order valence-corrected chi connectivity index (χ3v) is 2.88. The second-order valence-electron chi connectivity index (χ2n) is 4.47. The van der Waals surface area contributed by atoms with Gasteiger partial charge >= 0.3 is 0 Å². The molecule has 1 aromatic heterocycles. The van der Waals surface area contributed by atoms with Gasteiger partial charge in [0.15, 0.2) is 0 Å². The summed E-state index contributed by atoms with van der Waals surface area (Å²) in [5.74, 6) is 0.178. The van der Waals surface area contributed by atoms with Crippen LogP contribution in [-0.4, -0.2) is 20.1 Å². The first-order valence-electron chi connectivity index (χ1n) is 5.77. The van der Waals surface area contributed by atoms with Crippen molar-refractivity contribution in [2.45, 2.75) is 13.8 Å². The van der Waals surface area contributed by atoms with Crippen LogP contribution in [0.4, 0.5) is 0 Å². The molecule has 0 aliphatic heterocycles. The van der Waals surface area contributed by atoms with Crippen LogP contribution in [0.2, 0.25) is 0 Å². The van der Waals surface area contributed by atoms with E-state index < -0.39 is 0 Å². The van der Waals surface area contributed by atoms with Crippen molar-refractivity contribution in [1.29, 1.82) is 0 Å². The lowest BCUT2D eigenvalue weighted by Crippen LogP contribution is -1.99. The highest BCUT2D eigenvalue weighted by molar-refractivity contribution is 5.74. The molecule has 0 unspecified atom stereocenters. The van der Waals surface area contributed by atoms with Crippen molar-refractivity contribution in [3.05, 3.63) is 47.5 Å². The lowest BCUT2D eigenvalue weighted by molar-refractivity contribution is 0.467. The van der Waals surface area contributed by atoms with E-state index >= 15 is 0 Å². The SMILES string of the molecule is Cc1ccc(O)c(-n2nc3ccc(C)cc3n2)c1. The number of hydrogen-bond acceptors (Lipinski definition) is 3. The molecule has 4 heteroatoms. The van der Waals surface area contributed by atoms with Gasteiger partial charge in [0.1, 0.15) is 22.5 Å². The molecule has 3 aromatic rings. The number of rotatable bonds is 1. The van der Waals surface area contributed by atoms with Crippen molar-refractivity contribution in [3.63, 3.8) is 0 Å². The molecule has 0 aliphatic rings. The lowest BCUT2D eigenvalue weighted by atomic mass is 10.2. The highest BCUT2D eigenvalue weighted by atomic mass is 16.3. The quantitative estimate of drug-likeness (QED) is 0.710. The number of aromatic hydroxyl groups is 1. The van der Waals surface area contributed by atoms with E-state index in [1.807, 2.05) is 44.2 Å². The standard InChI is InChI=1S/C14H13N3O/c1-9-3-5-11-12(7-9)16-17(15-11)13-8-10(2)4-6-14(13)18/h3-8,18H,1-2H3. The van der Waals surface area contributed by atoms with Crippen molar-refractivity contribution < 1.29 is 5.11 Å². The van der Waals surface area contributed by atoms with Crippen LogP contribution in [0.25, 0.3) is 16.7 Å². The molecule has 0 radical (unpaired) electrons. The molecule has 1 heterocycles. The zero-order valence-electron chi connectivity index (χ0n) is 10.3. The second kappa shape index (κ2) is 3.84. The van der Waals surface area contributed by atoms with Crippen LogP contribution in [0.1, 0.15) is 11.1 Å². The third-order valence-electron chi connectivity index (χ3n) is 2.88. The highest BCUT2D eigenvalue weighted by Gasteiger charge is 2.08. The first-order valence-corrected chi connectivity index (χ1v) is 5.77. The Kier molecular flexibility index (Phi) is 2.30. The molecule has 1 N–H and O–H groups in total. The summed E-state index contributed by atoms with van der Waals surface area (Å²) in [4.78, 5) is 1.48. The van der Waals surface area contributed by atoms with Gasteiger partial charge in [-0.15, -0.1) is 15.0 Å². The second-order valence-corrected chi connectivity index (χ2v) is 4.47. The first-order chi connectivity index (χ1) is 8.63. The molecular formula is C14H13N3O. The van der Waals surface area contributed by atoms with E-state index in [2.05, 4.69) is 10.2 Å². The van der Waals surface area contributed by atoms with Crippen LogP contribution in [-0.2, 0) is 0 Å². The van der Waals surface area contributed by atoms with Crippen molar-refractivity contribution in [3.8, 4) is 11.4 Å². The maximum atomic E-state index is 9.87. The number of phenolic OH excluding ortho intramolecular Hbond substituents is 1. The minimum Gasteiger partial charge on any atom is -0.506 e. The van der Waals surface area contributed by atoms with Gasteiger partial charge in [-0.1, -0.05) is 12.1 Å². The molecule has 4 nitrogen and oxygen atoms in total. The Morgan fingerprint density at radius 1 is 0.889 bits per heavy atom. The van der Waals surface area contributed by atoms with E-state index in [9.17, 15) is 5.11 Å². The minimum atomic E-state index is 0.178. The highest BCUT2D eigenvalue weighted by Crippen LogP contribution is 2.22. The fraction of sp³-hybridized carbons (Fsp3) is 0.143. The van der Waals surface area contributed by atoms with E-state index in [4.69, 9.17) is 0 Å². The first kappa shape index (κ1) is 10.8. The van der Waals surface area contributed by atoms with E-state index in [0.717, 1.165) is 22.2 Å². The van der Waals surface area contributed by atoms with Crippen LogP contribution < -0.4 is 0 Å². The zero-order chi connectivity index (χ0) is 12.7. The molecule has 0 saturated heterocycles. The third kappa shape index (κ3) is 1.72. The topological polar surface area (TPSA) is 50.9 Å². The molecule has 0 fully saturated rings. The molecule has 0 spiro atoms. The summed E-state index contributed by atoms with van der Waals surface area (Å²) in [6.07, 6.45) is 0. The lowest BCUT2D eigenvalue weighted by Gasteiger charge is -2.03. The molecule has 0 amide bonds. The smallest absolute Gasteiger partial charge is 0.143 e. The fourth-order valence-electron chi connectivity index (χ4n) is 1.93. The Hall–Kier alpha value is -2.36. The Balaban J connectivity index is 2.22. The molecule has 3 rings (SSSR count). The average molecular weight is 239 g/mol. The zero-order valence-corrected chi connectivity index (χ0v) is 10.3. The van der Waals surface area contributed by atoms with Crippen LogP contribution in [0.5, 0.6) is 5.75 Å². The molecule has 0 saturated carbocycles. The van der Waals surface area contributed by atoms with Crippen molar-refractivity contribution >= 4 is 11.0 Å². The molecule has 0 atom stereocenters. The Morgan fingerprint density at radius 3 is 2.39 bits per heavy atom. The molecule has 0 bridgehead atoms. The van der Waals surface area contributed by atoms with Gasteiger partial charge in [-0.05, 0) is 49.2 Å². The number of aromatic nitrogens is 3. The van der Waals surface area contributed by atoms with Crippen molar-refractivity contribution in [1.82, 2.24) is 15.0 Å². The van der Waals surface area contributed by atoms with Crippen LogP contribution in [0, 0.1) is 13.8 Å². The van der Waals surface area contributed by atoms with Gasteiger partial charge in [0.25, 0.3) is 0 Å². The Labute approximate surface area is 104 Å². The molecular weight excluding hydrogens is 226 g/mol. The van der Waals surface area contributed by atoms with E-state index in [1.54, 1.807) is 6.07 Å². The van der Waals surface area contributed by atoms with Gasteiger partial charge in [-0.2, -0.15) is 0 Å². The maximum absolute atomic E-state index is 9.87. The van der Waals surface area contributed by atoms with Gasteiger partial charge in [0.05, 0.1) is 0 Å². The fourth-order valence-corrected chi connectivity index (χ4v) is 1.93. The molecule has 18 heavy (non-hydrogen) atoms. The van der Waals surface area contributed by atoms with E-state index in [1.165, 1.54) is 4.80 Å². The van der Waals surface area contributed by atoms with Crippen LogP contribution in [0.3, 0.4) is 0 Å². The van der Waals surface area contributed by atoms with Gasteiger partial charge < -0.3 is 5.11 Å². The van der Waals surface area contributed by atoms with E-state index in [0.29, 0.717) is 5.69 Å². The number of hydrogen-bond donors (Lipinski definition) is 1. The molecule has 0 aliphatic carbocycles. The average Bonchev–Trinajstić information content (AvgIpc) is 2.74. The predicted octanol–water partition coefficient (Wildman–Crippen LogP) is 2.74. The number of fused-ring (bicyclic) bond motifs is 1. The number of phenols is 1. The Morgan fingerprint density at radius 2 is 1.56 bits per heavy atom. The summed E-state index contributed by atoms with van der Waals surface area (Å²) in [6.45, 7) is 3.99. The Bertz CT molecular complexity index is 731. The summed E-state index contributed by atoms with van der Waals surface area (Å²) < 4.78 is 0. The monoisotopic (exact) mass is 239 g/mol. The normalized spacial score (nSPS) is 11.0. The van der Waals surface area contributed by atoms with Gasteiger partial charge in [0.2, 0.25) is 0 Å². The predicted molar refractivity (Wildman–Crippen MR) is 70.0 cm³/mol. The summed E-state index contributed by atoms with van der Waals surface area (Å²) in [7, 11) is 0. The molecule has 90 valence electrons.